The van der Waals surface area contributed by atoms with Crippen LogP contribution < -0.4 is 10.0 Å². The number of nitrogens with one attached hydrogen (secondary N) is 2. The zero-order chi connectivity index (χ0) is 23.5. The number of aryl methyl sites for hydroxylation is 2. The van der Waals surface area contributed by atoms with E-state index in [2.05, 4.69) is 29.0 Å². The summed E-state index contributed by atoms with van der Waals surface area (Å²) in [4.78, 5) is 0.0293. The van der Waals surface area contributed by atoms with Crippen LogP contribution in [0.2, 0.25) is 10.0 Å². The van der Waals surface area contributed by atoms with E-state index >= 15 is 0 Å². The Bertz CT molecular complexity index is 964. The number of hydrogen-bond donors (Lipinski definition) is 3. The van der Waals surface area contributed by atoms with Gasteiger partial charge in [-0.2, -0.15) is 14.4 Å². The summed E-state index contributed by atoms with van der Waals surface area (Å²) in [5.41, 5.74) is 3.09. The number of nitrogens with zero attached hydrogens (tertiary/aromatic N) is 2. The van der Waals surface area contributed by atoms with Gasteiger partial charge in [-0.1, -0.05) is 43.5 Å². The fraction of sp³-hybridized carbons (Fsp3) is 0.609. The van der Waals surface area contributed by atoms with Crippen LogP contribution in [0.1, 0.15) is 56.5 Å². The van der Waals surface area contributed by atoms with Crippen molar-refractivity contribution >= 4 is 39.3 Å². The summed E-state index contributed by atoms with van der Waals surface area (Å²) in [6.07, 6.45) is 6.23. The number of halogens is 2. The second kappa shape index (κ2) is 10.9. The van der Waals surface area contributed by atoms with Gasteiger partial charge in [0.05, 0.1) is 11.4 Å². The predicted octanol–water partition coefficient (Wildman–Crippen LogP) is 5.91. The van der Waals surface area contributed by atoms with E-state index in [1.807, 2.05) is 14.0 Å². The Kier molecular flexibility index (Phi) is 8.66. The van der Waals surface area contributed by atoms with Gasteiger partial charge in [0.15, 0.2) is 0 Å². The fourth-order valence-electron chi connectivity index (χ4n) is 4.31. The summed E-state index contributed by atoms with van der Waals surface area (Å²) in [7, 11) is -1.90. The minimum Gasteiger partial charge on any atom is -0.317 e. The zero-order valence-electron chi connectivity index (χ0n) is 19.4. The molecule has 0 aliphatic carbocycles. The van der Waals surface area contributed by atoms with E-state index in [1.165, 1.54) is 19.3 Å². The van der Waals surface area contributed by atoms with Crippen LogP contribution in [0.25, 0.3) is 0 Å². The van der Waals surface area contributed by atoms with Gasteiger partial charge in [0.1, 0.15) is 15.7 Å². The zero-order valence-corrected chi connectivity index (χ0v) is 21.7. The molecule has 3 rings (SSSR count). The molecule has 6 nitrogen and oxygen atoms in total. The highest BCUT2D eigenvalue weighted by Crippen LogP contribution is 2.37. The highest BCUT2D eigenvalue weighted by Gasteiger charge is 2.38. The molecule has 1 unspecified atom stereocenters. The monoisotopic (exact) mass is 501 g/mol. The second-order valence-electron chi connectivity index (χ2n) is 9.23. The molecule has 178 valence electrons. The van der Waals surface area contributed by atoms with Crippen molar-refractivity contribution in [2.45, 2.75) is 64.2 Å². The quantitative estimate of drug-likeness (QED) is 0.372. The van der Waals surface area contributed by atoms with E-state index in [1.54, 1.807) is 16.8 Å². The lowest BCUT2D eigenvalue weighted by molar-refractivity contribution is 0.347. The summed E-state index contributed by atoms with van der Waals surface area (Å²) in [5, 5.41) is 8.32. The Morgan fingerprint density at radius 2 is 1.91 bits per heavy atom. The first-order valence-corrected chi connectivity index (χ1v) is 13.6. The highest BCUT2D eigenvalue weighted by atomic mass is 35.5. The lowest BCUT2D eigenvalue weighted by Gasteiger charge is -2.22. The number of aromatic nitrogens is 2. The molecule has 1 atom stereocenters. The van der Waals surface area contributed by atoms with Crippen molar-refractivity contribution in [2.24, 2.45) is 18.9 Å². The van der Waals surface area contributed by atoms with E-state index in [4.69, 9.17) is 23.2 Å². The van der Waals surface area contributed by atoms with Crippen molar-refractivity contribution in [3.8, 4) is 0 Å². The molecule has 1 aromatic carbocycles. The maximum atomic E-state index is 13.4. The molecule has 0 radical (unpaired) electrons. The summed E-state index contributed by atoms with van der Waals surface area (Å²) in [6, 6.07) is 3.54. The van der Waals surface area contributed by atoms with Crippen LogP contribution >= 0.6 is 23.2 Å². The maximum Gasteiger partial charge on any atom is 0.349 e. The fourth-order valence-corrected chi connectivity index (χ4v) is 6.77. The topological polar surface area (TPSA) is 79.2 Å². The highest BCUT2D eigenvalue weighted by molar-refractivity contribution is 7.99. The van der Waals surface area contributed by atoms with Gasteiger partial charge in [-0.25, -0.2) is 0 Å². The van der Waals surface area contributed by atoms with Gasteiger partial charge >= 0.3 is 10.4 Å². The predicted molar refractivity (Wildman–Crippen MR) is 134 cm³/mol. The van der Waals surface area contributed by atoms with E-state index in [9.17, 15) is 8.76 Å². The lowest BCUT2D eigenvalue weighted by Crippen LogP contribution is -2.27. The molecule has 9 heteroatoms. The smallest absolute Gasteiger partial charge is 0.317 e. The Balaban J connectivity index is 1.76. The molecule has 2 heterocycles. The average Bonchev–Trinajstić information content (AvgIpc) is 2.94. The van der Waals surface area contributed by atoms with Crippen molar-refractivity contribution in [3.63, 3.8) is 0 Å². The Morgan fingerprint density at radius 3 is 2.50 bits per heavy atom. The van der Waals surface area contributed by atoms with Crippen LogP contribution in [0.5, 0.6) is 0 Å². The Morgan fingerprint density at radius 1 is 1.28 bits per heavy atom. The van der Waals surface area contributed by atoms with Crippen molar-refractivity contribution < 1.29 is 8.76 Å². The molecule has 0 bridgehead atoms. The molecular formula is C23H35Cl2N4O2S+. The lowest BCUT2D eigenvalue weighted by atomic mass is 9.92. The van der Waals surface area contributed by atoms with Crippen molar-refractivity contribution in [1.82, 2.24) is 15.1 Å². The second-order valence-corrected chi connectivity index (χ2v) is 11.7. The van der Waals surface area contributed by atoms with Crippen LogP contribution in [-0.2, 0) is 34.5 Å². The molecule has 0 spiro atoms. The van der Waals surface area contributed by atoms with Gasteiger partial charge in [0.25, 0.3) is 4.90 Å². The third-order valence-electron chi connectivity index (χ3n) is 6.12. The van der Waals surface area contributed by atoms with Crippen LogP contribution in [0.15, 0.2) is 17.0 Å². The average molecular weight is 503 g/mol. The van der Waals surface area contributed by atoms with Crippen molar-refractivity contribution in [3.05, 3.63) is 39.1 Å². The largest absolute Gasteiger partial charge is 0.349 e. The molecule has 32 heavy (non-hydrogen) atoms. The van der Waals surface area contributed by atoms with Crippen LogP contribution in [0.4, 0.5) is 5.69 Å². The molecule has 1 aromatic heterocycles. The van der Waals surface area contributed by atoms with Crippen LogP contribution in [-0.4, -0.2) is 27.4 Å². The molecular weight excluding hydrogens is 467 g/mol. The first kappa shape index (κ1) is 25.5. The first-order chi connectivity index (χ1) is 15.1. The van der Waals surface area contributed by atoms with Gasteiger partial charge in [0.2, 0.25) is 0 Å². The van der Waals surface area contributed by atoms with Crippen molar-refractivity contribution in [2.75, 3.05) is 17.8 Å². The van der Waals surface area contributed by atoms with Gasteiger partial charge in [-0.3, -0.25) is 4.68 Å². The number of piperidine rings is 1. The number of benzene rings is 1. The molecule has 1 fully saturated rings. The number of rotatable bonds is 9. The molecule has 1 aliphatic rings. The summed E-state index contributed by atoms with van der Waals surface area (Å²) in [6.45, 7) is 8.24. The summed E-state index contributed by atoms with van der Waals surface area (Å²) in [5.74, 6) is 1.13. The standard InChI is InChI=1S/C23H34Cl2N4O2S/c1-15(2)12-21-22(16(3)29(4)27-21)28-32(30,31)23-19(24)13-18(14-20(23)25)7-5-6-17-8-10-26-11-9-17/h13-15,17,26H,5-12H2,1-4H3,(H-,28,30,31)/p+1. The normalized spacial score (nSPS) is 17.0. The van der Waals surface area contributed by atoms with Crippen LogP contribution in [0, 0.1) is 18.8 Å². The third-order valence-corrected chi connectivity index (χ3v) is 8.41. The Hall–Kier alpha value is -1.12. The SMILES string of the molecule is Cc1c(N[S+](=O)(O)c2c(Cl)cc(CCCC3CCNCC3)cc2Cl)c(CC(C)C)nn1C. The Labute approximate surface area is 202 Å². The molecule has 2 aromatic rings. The summed E-state index contributed by atoms with van der Waals surface area (Å²) < 4.78 is 28.8. The van der Waals surface area contributed by atoms with Gasteiger partial charge in [-0.15, -0.1) is 0 Å². The summed E-state index contributed by atoms with van der Waals surface area (Å²) >= 11 is 13.0. The van der Waals surface area contributed by atoms with Gasteiger partial charge in [-0.05, 0) is 85.9 Å². The molecule has 1 aliphatic heterocycles. The number of anilines is 1. The molecule has 0 amide bonds. The van der Waals surface area contributed by atoms with E-state index in [0.717, 1.165) is 48.8 Å². The number of hydrogen-bond acceptors (Lipinski definition) is 3. The molecule has 3 N–H and O–H groups in total. The van der Waals surface area contributed by atoms with E-state index < -0.39 is 10.4 Å². The van der Waals surface area contributed by atoms with Crippen molar-refractivity contribution in [1.29, 1.82) is 0 Å². The van der Waals surface area contributed by atoms with E-state index in [-0.39, 0.29) is 14.9 Å². The minimum absolute atomic E-state index is 0.0293. The molecule has 1 saturated heterocycles. The molecule has 0 saturated carbocycles. The van der Waals surface area contributed by atoms with Crippen LogP contribution in [0.3, 0.4) is 0 Å². The van der Waals surface area contributed by atoms with Gasteiger partial charge in [0, 0.05) is 7.05 Å². The third kappa shape index (κ3) is 6.26. The van der Waals surface area contributed by atoms with E-state index in [0.29, 0.717) is 18.0 Å². The minimum atomic E-state index is -3.72. The first-order valence-electron chi connectivity index (χ1n) is 11.3. The van der Waals surface area contributed by atoms with Gasteiger partial charge < -0.3 is 5.32 Å². The maximum absolute atomic E-state index is 13.4.